The molecule has 0 bridgehead atoms. The fraction of sp³-hybridized carbons (Fsp3) is 0.800. The van der Waals surface area contributed by atoms with Gasteiger partial charge in [-0.3, -0.25) is 0 Å². The second-order valence-electron chi connectivity index (χ2n) is 1.70. The summed E-state index contributed by atoms with van der Waals surface area (Å²) in [7, 11) is 10.7. The Morgan fingerprint density at radius 3 is 1.62 bits per heavy atom. The van der Waals surface area contributed by atoms with E-state index in [1.54, 1.807) is 6.07 Å². The topological polar surface area (TPSA) is 27.0 Å². The molecule has 2 radical (unpaired) electrons. The van der Waals surface area contributed by atoms with E-state index in [4.69, 9.17) is 5.26 Å². The van der Waals surface area contributed by atoms with E-state index in [0.717, 1.165) is 0 Å². The van der Waals surface area contributed by atoms with Crippen LogP contribution in [-0.4, -0.2) is 33.9 Å². The highest BCUT2D eigenvalue weighted by Gasteiger charge is 1.58. The summed E-state index contributed by atoms with van der Waals surface area (Å²) in [6.07, 6.45) is 0.125. The van der Waals surface area contributed by atoms with Gasteiger partial charge in [-0.1, -0.05) is 0 Å². The van der Waals surface area contributed by atoms with Crippen LogP contribution in [0.1, 0.15) is 0 Å². The van der Waals surface area contributed by atoms with Crippen molar-refractivity contribution in [3.05, 3.63) is 0 Å². The Morgan fingerprint density at radius 1 is 1.50 bits per heavy atom. The average Bonchev–Trinajstić information content (AvgIpc) is 1.65. The minimum Gasteiger partial charge on any atom is -0.312 e. The molecule has 8 heavy (non-hydrogen) atoms. The molecule has 0 unspecified atom stereocenters. The van der Waals surface area contributed by atoms with Crippen molar-refractivity contribution in [3.63, 3.8) is 0 Å². The predicted octanol–water partition coefficient (Wildman–Crippen LogP) is 0.275. The number of nitrogens with zero attached hydrogens (tertiary/aromatic N) is 2. The van der Waals surface area contributed by atoms with E-state index in [9.17, 15) is 0 Å². The zero-order valence-corrected chi connectivity index (χ0v) is 5.68. The highest BCUT2D eigenvalue weighted by molar-refractivity contribution is 6.10. The molecule has 3 heteroatoms. The van der Waals surface area contributed by atoms with Gasteiger partial charge in [-0.2, -0.15) is 5.26 Å². The third-order valence-electron chi connectivity index (χ3n) is 0.0913. The number of hydrogen-bond donors (Lipinski definition) is 0. The van der Waals surface area contributed by atoms with Crippen LogP contribution < -0.4 is 0 Å². The highest BCUT2D eigenvalue weighted by atomic mass is 15.0. The van der Waals surface area contributed by atoms with Crippen LogP contribution in [0.4, 0.5) is 0 Å². The van der Waals surface area contributed by atoms with Crippen LogP contribution in [0.2, 0.25) is 6.32 Å². The molecule has 44 valence electrons. The third-order valence-corrected chi connectivity index (χ3v) is 0.0913. The quantitative estimate of drug-likeness (QED) is 0.418. The van der Waals surface area contributed by atoms with Crippen molar-refractivity contribution in [3.8, 4) is 6.07 Å². The van der Waals surface area contributed by atoms with Crippen LogP contribution in [0.25, 0.3) is 0 Å². The summed E-state index contributed by atoms with van der Waals surface area (Å²) in [6, 6.07) is 1.71. The van der Waals surface area contributed by atoms with Crippen molar-refractivity contribution in [2.75, 3.05) is 21.1 Å². The van der Waals surface area contributed by atoms with Crippen LogP contribution in [0.15, 0.2) is 0 Å². The van der Waals surface area contributed by atoms with Crippen molar-refractivity contribution in [1.82, 2.24) is 4.90 Å². The van der Waals surface area contributed by atoms with Gasteiger partial charge in [-0.15, -0.1) is 0 Å². The van der Waals surface area contributed by atoms with Gasteiger partial charge < -0.3 is 4.90 Å². The lowest BCUT2D eigenvalue weighted by Crippen LogP contribution is -1.99. The molecular formula is C5H11BN2. The normalized spacial score (nSPS) is 6.88. The van der Waals surface area contributed by atoms with Gasteiger partial charge in [0.15, 0.2) is 0 Å². The Balaban J connectivity index is 0. The van der Waals surface area contributed by atoms with E-state index in [2.05, 4.69) is 7.85 Å². The summed E-state index contributed by atoms with van der Waals surface area (Å²) in [5.41, 5.74) is 0. The molecule has 0 atom stereocenters. The van der Waals surface area contributed by atoms with E-state index in [0.29, 0.717) is 0 Å². The van der Waals surface area contributed by atoms with Crippen molar-refractivity contribution in [1.29, 1.82) is 5.26 Å². The first-order valence-electron chi connectivity index (χ1n) is 2.33. The Kier molecular flexibility index (Phi) is 12.7. The molecule has 0 aliphatic carbocycles. The SMILES string of the molecule is CN(C)C.[B]CC#N. The Hall–Kier alpha value is -0.485. The molecule has 0 spiro atoms. The molecule has 0 rings (SSSR count). The monoisotopic (exact) mass is 110 g/mol. The van der Waals surface area contributed by atoms with Gasteiger partial charge in [0.1, 0.15) is 0 Å². The van der Waals surface area contributed by atoms with Crippen molar-refractivity contribution in [2.45, 2.75) is 6.32 Å². The van der Waals surface area contributed by atoms with Gasteiger partial charge in [-0.05, 0) is 27.5 Å². The van der Waals surface area contributed by atoms with Crippen molar-refractivity contribution < 1.29 is 0 Å². The minimum atomic E-state index is 0.125. The zero-order valence-electron chi connectivity index (χ0n) is 5.68. The predicted molar refractivity (Wildman–Crippen MR) is 35.8 cm³/mol. The lowest BCUT2D eigenvalue weighted by molar-refractivity contribution is 0.505. The van der Waals surface area contributed by atoms with Crippen LogP contribution in [0, 0.1) is 11.3 Å². The van der Waals surface area contributed by atoms with Gasteiger partial charge in [0.25, 0.3) is 0 Å². The van der Waals surface area contributed by atoms with E-state index < -0.39 is 0 Å². The highest BCUT2D eigenvalue weighted by Crippen LogP contribution is 1.52. The molecule has 0 aromatic rings. The summed E-state index contributed by atoms with van der Waals surface area (Å²) < 4.78 is 0. The molecule has 0 saturated carbocycles. The minimum absolute atomic E-state index is 0.125. The first-order chi connectivity index (χ1) is 3.65. The fourth-order valence-electron chi connectivity index (χ4n) is 0. The summed E-state index contributed by atoms with van der Waals surface area (Å²) >= 11 is 0. The number of hydrogen-bond acceptors (Lipinski definition) is 2. The van der Waals surface area contributed by atoms with E-state index in [1.807, 2.05) is 26.0 Å². The van der Waals surface area contributed by atoms with Gasteiger partial charge in [0.2, 0.25) is 0 Å². The Labute approximate surface area is 52.5 Å². The van der Waals surface area contributed by atoms with Crippen molar-refractivity contribution >= 4 is 7.85 Å². The van der Waals surface area contributed by atoms with Gasteiger partial charge in [-0.25, -0.2) is 0 Å². The molecule has 2 nitrogen and oxygen atoms in total. The molecule has 0 saturated heterocycles. The maximum Gasteiger partial charge on any atom is 0.0857 e. The van der Waals surface area contributed by atoms with E-state index in [1.165, 1.54) is 0 Å². The summed E-state index contributed by atoms with van der Waals surface area (Å²) in [4.78, 5) is 2.00. The number of nitriles is 1. The van der Waals surface area contributed by atoms with Crippen molar-refractivity contribution in [2.24, 2.45) is 0 Å². The largest absolute Gasteiger partial charge is 0.312 e. The first kappa shape index (κ1) is 10.5. The van der Waals surface area contributed by atoms with Gasteiger partial charge >= 0.3 is 0 Å². The molecule has 0 amide bonds. The Morgan fingerprint density at radius 2 is 1.62 bits per heavy atom. The van der Waals surface area contributed by atoms with Crippen LogP contribution >= 0.6 is 0 Å². The molecule has 0 aliphatic rings. The fourth-order valence-corrected chi connectivity index (χ4v) is 0. The van der Waals surface area contributed by atoms with Crippen LogP contribution in [-0.2, 0) is 0 Å². The third kappa shape index (κ3) is 424. The lowest BCUT2D eigenvalue weighted by atomic mass is 10.1. The maximum absolute atomic E-state index is 7.50. The average molecular weight is 110 g/mol. The van der Waals surface area contributed by atoms with E-state index >= 15 is 0 Å². The first-order valence-corrected chi connectivity index (χ1v) is 2.33. The molecule has 0 heterocycles. The molecule has 0 N–H and O–H groups in total. The molecule has 0 fully saturated rings. The van der Waals surface area contributed by atoms with Crippen LogP contribution in [0.3, 0.4) is 0 Å². The Bertz CT molecular complexity index is 62.6. The summed E-state index contributed by atoms with van der Waals surface area (Å²) in [6.45, 7) is 0. The standard InChI is InChI=1S/C3H9N.C2H2BN/c1-4(2)3;3-1-2-4/h1-3H3;1H2. The maximum atomic E-state index is 7.50. The van der Waals surface area contributed by atoms with Gasteiger partial charge in [0.05, 0.1) is 13.9 Å². The van der Waals surface area contributed by atoms with E-state index in [-0.39, 0.29) is 6.32 Å². The second kappa shape index (κ2) is 9.72. The van der Waals surface area contributed by atoms with Crippen LogP contribution in [0.5, 0.6) is 0 Å². The summed E-state index contributed by atoms with van der Waals surface area (Å²) in [5, 5.41) is 7.50. The lowest BCUT2D eigenvalue weighted by Gasteiger charge is -1.90. The molecule has 0 aliphatic heterocycles. The summed E-state index contributed by atoms with van der Waals surface area (Å²) in [5.74, 6) is 0. The molecule has 0 aromatic heterocycles. The smallest absolute Gasteiger partial charge is 0.0857 e. The number of rotatable bonds is 0. The molecular weight excluding hydrogens is 98.9 g/mol. The second-order valence-corrected chi connectivity index (χ2v) is 1.70. The van der Waals surface area contributed by atoms with Gasteiger partial charge in [0, 0.05) is 0 Å². The zero-order chi connectivity index (χ0) is 6.99. The molecule has 0 aromatic carbocycles.